The summed E-state index contributed by atoms with van der Waals surface area (Å²) in [6.45, 7) is 3.76. The number of rotatable bonds is 5. The minimum atomic E-state index is -1.73. The number of ketones is 1. The predicted molar refractivity (Wildman–Crippen MR) is 75.6 cm³/mol. The number of carboxylic acid groups (broad SMARTS) is 1. The highest BCUT2D eigenvalue weighted by atomic mass is 32.2. The van der Waals surface area contributed by atoms with Gasteiger partial charge in [-0.3, -0.25) is 4.79 Å². The van der Waals surface area contributed by atoms with E-state index in [9.17, 15) is 14.7 Å². The molecule has 2 unspecified atom stereocenters. The highest BCUT2D eigenvalue weighted by Gasteiger charge is 2.67. The second-order valence-corrected chi connectivity index (χ2v) is 6.92. The maximum Gasteiger partial charge on any atom is 0.343 e. The molecule has 0 radical (unpaired) electrons. The van der Waals surface area contributed by atoms with E-state index in [0.29, 0.717) is 16.8 Å². The van der Waals surface area contributed by atoms with E-state index in [4.69, 9.17) is 4.74 Å². The van der Waals surface area contributed by atoms with Gasteiger partial charge in [0, 0.05) is 18.2 Å². The van der Waals surface area contributed by atoms with E-state index >= 15 is 0 Å². The van der Waals surface area contributed by atoms with E-state index in [-0.39, 0.29) is 6.42 Å². The fourth-order valence-corrected chi connectivity index (χ4v) is 3.30. The molecule has 1 aliphatic heterocycles. The number of carbonyl (C=O) groups is 2. The van der Waals surface area contributed by atoms with Crippen LogP contribution in [0, 0.1) is 5.41 Å². The molecule has 1 N–H and O–H groups in total. The number of tetrazole rings is 1. The summed E-state index contributed by atoms with van der Waals surface area (Å²) >= 11 is 1.41. The molecule has 10 heteroatoms. The van der Waals surface area contributed by atoms with Crippen LogP contribution in [0.1, 0.15) is 20.3 Å². The van der Waals surface area contributed by atoms with Crippen molar-refractivity contribution in [1.29, 1.82) is 0 Å². The molecule has 1 saturated carbocycles. The number of ether oxygens (including phenoxy) is 1. The second-order valence-electron chi connectivity index (χ2n) is 5.98. The van der Waals surface area contributed by atoms with Gasteiger partial charge in [0.25, 0.3) is 5.54 Å². The lowest BCUT2D eigenvalue weighted by Gasteiger charge is -2.34. The Bertz CT molecular complexity index is 675. The third kappa shape index (κ3) is 2.01. The molecule has 1 aromatic heterocycles. The zero-order valence-electron chi connectivity index (χ0n) is 12.3. The van der Waals surface area contributed by atoms with Crippen LogP contribution in [0.25, 0.3) is 0 Å². The van der Waals surface area contributed by atoms with Gasteiger partial charge in [-0.1, -0.05) is 25.6 Å². The first-order valence-corrected chi connectivity index (χ1v) is 7.65. The Hall–Kier alpha value is -1.97. The van der Waals surface area contributed by atoms with Crippen molar-refractivity contribution in [3.8, 4) is 0 Å². The van der Waals surface area contributed by atoms with Crippen LogP contribution in [0.3, 0.4) is 0 Å². The Morgan fingerprint density at radius 1 is 1.59 bits per heavy atom. The van der Waals surface area contributed by atoms with E-state index in [1.165, 1.54) is 11.8 Å². The number of carbonyl (C=O) groups excluding carboxylic acids is 1. The monoisotopic (exact) mass is 325 g/mol. The van der Waals surface area contributed by atoms with Crippen LogP contribution in [0.2, 0.25) is 0 Å². The van der Waals surface area contributed by atoms with Crippen molar-refractivity contribution in [2.24, 2.45) is 17.5 Å². The highest BCUT2D eigenvalue weighted by Crippen LogP contribution is 2.44. The summed E-state index contributed by atoms with van der Waals surface area (Å²) in [6, 6.07) is 0. The summed E-state index contributed by atoms with van der Waals surface area (Å²) in [5.74, 6) is -0.810. The molecule has 2 heterocycles. The third-order valence-electron chi connectivity index (χ3n) is 3.84. The lowest BCUT2D eigenvalue weighted by atomic mass is 9.73. The number of nitrogens with zero attached hydrogens (tertiary/aromatic N) is 5. The van der Waals surface area contributed by atoms with Crippen LogP contribution in [-0.2, 0) is 21.4 Å². The Balaban J connectivity index is 1.78. The molecule has 0 bridgehead atoms. The predicted octanol–water partition coefficient (Wildman–Crippen LogP) is -0.0781. The highest BCUT2D eigenvalue weighted by molar-refractivity contribution is 7.99. The van der Waals surface area contributed by atoms with E-state index in [1.807, 2.05) is 13.8 Å². The second kappa shape index (κ2) is 4.77. The number of carboxylic acids is 1. The molecular weight excluding hydrogens is 310 g/mol. The van der Waals surface area contributed by atoms with Gasteiger partial charge < -0.3 is 9.84 Å². The van der Waals surface area contributed by atoms with Gasteiger partial charge in [-0.25, -0.2) is 14.5 Å². The molecule has 1 aromatic rings. The van der Waals surface area contributed by atoms with Crippen LogP contribution in [0.15, 0.2) is 10.1 Å². The molecule has 3 rings (SSSR count). The lowest BCUT2D eigenvalue weighted by Crippen LogP contribution is -2.62. The first-order chi connectivity index (χ1) is 10.3. The SMILES string of the molecule is Cn1nnnc1SCC(C)(C)C1=NC2(C(=O)O)C(=O)CC2O1. The van der Waals surface area contributed by atoms with Gasteiger partial charge in [0.05, 0.1) is 6.42 Å². The van der Waals surface area contributed by atoms with Crippen LogP contribution < -0.4 is 0 Å². The molecule has 1 fully saturated rings. The minimum absolute atomic E-state index is 0.0930. The average Bonchev–Trinajstić information content (AvgIpc) is 2.98. The quantitative estimate of drug-likeness (QED) is 0.590. The molecule has 0 aromatic carbocycles. The van der Waals surface area contributed by atoms with Gasteiger partial charge in [-0.05, 0) is 10.4 Å². The summed E-state index contributed by atoms with van der Waals surface area (Å²) in [6.07, 6.45) is -0.594. The maximum absolute atomic E-state index is 11.7. The first-order valence-electron chi connectivity index (χ1n) is 6.66. The van der Waals surface area contributed by atoms with E-state index < -0.39 is 28.8 Å². The van der Waals surface area contributed by atoms with Crippen LogP contribution in [0.5, 0.6) is 0 Å². The summed E-state index contributed by atoms with van der Waals surface area (Å²) in [5, 5.41) is 21.1. The number of aliphatic carboxylic acids is 1. The number of fused-ring (bicyclic) bond motifs is 1. The zero-order valence-corrected chi connectivity index (χ0v) is 13.1. The minimum Gasteiger partial charge on any atom is -0.479 e. The van der Waals surface area contributed by atoms with Crippen molar-refractivity contribution >= 4 is 29.4 Å². The Kier molecular flexibility index (Phi) is 3.24. The number of aryl methyl sites for hydroxylation is 1. The van der Waals surface area contributed by atoms with Gasteiger partial charge in [0.1, 0.15) is 0 Å². The Morgan fingerprint density at radius 2 is 2.32 bits per heavy atom. The van der Waals surface area contributed by atoms with E-state index in [2.05, 4.69) is 20.5 Å². The molecule has 118 valence electrons. The molecule has 1 aliphatic carbocycles. The van der Waals surface area contributed by atoms with Crippen LogP contribution in [-0.4, -0.2) is 60.4 Å². The van der Waals surface area contributed by atoms with Gasteiger partial charge in [0.2, 0.25) is 5.16 Å². The molecule has 22 heavy (non-hydrogen) atoms. The summed E-state index contributed by atoms with van der Waals surface area (Å²) in [7, 11) is 1.73. The van der Waals surface area contributed by atoms with Crippen LogP contribution in [0.4, 0.5) is 0 Å². The van der Waals surface area contributed by atoms with Gasteiger partial charge in [-0.15, -0.1) is 5.10 Å². The topological polar surface area (TPSA) is 120 Å². The summed E-state index contributed by atoms with van der Waals surface area (Å²) < 4.78 is 7.18. The normalized spacial score (nSPS) is 27.0. The average molecular weight is 325 g/mol. The number of aromatic nitrogens is 4. The number of Topliss-reactive ketones (excluding diaryl/α,β-unsaturated/α-hetero) is 1. The van der Waals surface area contributed by atoms with Gasteiger partial charge in [-0.2, -0.15) is 0 Å². The van der Waals surface area contributed by atoms with E-state index in [1.54, 1.807) is 11.7 Å². The fourth-order valence-electron chi connectivity index (χ4n) is 2.37. The molecule has 0 spiro atoms. The van der Waals surface area contributed by atoms with Gasteiger partial charge in [0.15, 0.2) is 17.8 Å². The maximum atomic E-state index is 11.7. The molecule has 9 nitrogen and oxygen atoms in total. The molecular formula is C12H15N5O4S. The molecule has 2 atom stereocenters. The van der Waals surface area contributed by atoms with Crippen molar-refractivity contribution < 1.29 is 19.4 Å². The van der Waals surface area contributed by atoms with Crippen molar-refractivity contribution in [1.82, 2.24) is 20.2 Å². The Labute approximate surface area is 130 Å². The number of hydrogen-bond acceptors (Lipinski definition) is 8. The summed E-state index contributed by atoms with van der Waals surface area (Å²) in [5.41, 5.74) is -2.28. The standard InChI is InChI=1S/C12H15N5O4S/c1-11(2,5-22-10-14-15-16-17(10)3)8-13-12(9(19)20)6(18)4-7(12)21-8/h7H,4-5H2,1-3H3,(H,19,20). The molecule has 0 saturated heterocycles. The zero-order chi connectivity index (χ0) is 16.1. The van der Waals surface area contributed by atoms with E-state index in [0.717, 1.165) is 0 Å². The molecule has 0 amide bonds. The lowest BCUT2D eigenvalue weighted by molar-refractivity contribution is -0.159. The fraction of sp³-hybridized carbons (Fsp3) is 0.667. The smallest absolute Gasteiger partial charge is 0.343 e. The van der Waals surface area contributed by atoms with Crippen molar-refractivity contribution in [3.05, 3.63) is 0 Å². The number of aliphatic imine (C=N–C) groups is 1. The number of hydrogen-bond donors (Lipinski definition) is 1. The van der Waals surface area contributed by atoms with Crippen molar-refractivity contribution in [2.75, 3.05) is 5.75 Å². The largest absolute Gasteiger partial charge is 0.479 e. The van der Waals surface area contributed by atoms with Gasteiger partial charge >= 0.3 is 5.97 Å². The molecule has 2 aliphatic rings. The Morgan fingerprint density at radius 3 is 2.82 bits per heavy atom. The van der Waals surface area contributed by atoms with Crippen molar-refractivity contribution in [2.45, 2.75) is 37.1 Å². The number of thioether (sulfide) groups is 1. The third-order valence-corrected chi connectivity index (χ3v) is 5.31. The first kappa shape index (κ1) is 14.9. The van der Waals surface area contributed by atoms with Crippen LogP contribution >= 0.6 is 11.8 Å². The summed E-state index contributed by atoms with van der Waals surface area (Å²) in [4.78, 5) is 27.3. The van der Waals surface area contributed by atoms with Crippen molar-refractivity contribution in [3.63, 3.8) is 0 Å².